The molecule has 0 saturated carbocycles. The van der Waals surface area contributed by atoms with Crippen molar-refractivity contribution < 1.29 is 4.79 Å². The van der Waals surface area contributed by atoms with E-state index in [1.165, 1.54) is 11.1 Å². The normalized spacial score (nSPS) is 14.0. The second-order valence-corrected chi connectivity index (χ2v) is 7.87. The highest BCUT2D eigenvalue weighted by Gasteiger charge is 2.21. The Balaban J connectivity index is 0.00000341. The second kappa shape index (κ2) is 12.7. The molecule has 2 N–H and O–H groups in total. The number of nitrogens with zero attached hydrogens (tertiary/aromatic N) is 3. The van der Waals surface area contributed by atoms with Crippen molar-refractivity contribution in [3.63, 3.8) is 0 Å². The van der Waals surface area contributed by atoms with Gasteiger partial charge in [0.2, 0.25) is 5.91 Å². The van der Waals surface area contributed by atoms with Crippen molar-refractivity contribution in [3.8, 4) is 0 Å². The Morgan fingerprint density at radius 1 is 1.06 bits per heavy atom. The Labute approximate surface area is 203 Å². The molecule has 0 bridgehead atoms. The molecule has 0 aromatic heterocycles. The first-order valence-corrected chi connectivity index (χ1v) is 10.7. The molecule has 0 unspecified atom stereocenters. The van der Waals surface area contributed by atoms with E-state index < -0.39 is 0 Å². The summed E-state index contributed by atoms with van der Waals surface area (Å²) in [5.74, 6) is 1.02. The molecule has 1 fully saturated rings. The summed E-state index contributed by atoms with van der Waals surface area (Å²) in [6.07, 6.45) is 1.60. The van der Waals surface area contributed by atoms with Gasteiger partial charge in [-0.15, -0.1) is 24.0 Å². The lowest BCUT2D eigenvalue weighted by Crippen LogP contribution is -2.37. The number of hydrogen-bond acceptors (Lipinski definition) is 3. The number of halogens is 1. The van der Waals surface area contributed by atoms with Gasteiger partial charge in [-0.3, -0.25) is 4.79 Å². The highest BCUT2D eigenvalue weighted by Crippen LogP contribution is 2.21. The summed E-state index contributed by atoms with van der Waals surface area (Å²) in [6.45, 7) is 5.92. The molecule has 0 radical (unpaired) electrons. The third-order valence-corrected chi connectivity index (χ3v) is 5.14. The lowest BCUT2D eigenvalue weighted by Gasteiger charge is -2.17. The van der Waals surface area contributed by atoms with Crippen molar-refractivity contribution in [2.45, 2.75) is 39.4 Å². The zero-order valence-corrected chi connectivity index (χ0v) is 21.1. The van der Waals surface area contributed by atoms with Crippen LogP contribution in [0.15, 0.2) is 53.5 Å². The number of carbonyl (C=O) groups is 1. The molecule has 168 valence electrons. The standard InChI is InChI=1S/C24H33N5O.HI/c1-4-25-24(27-17-20-8-5-6-9-21(20)18-28(2)3)26-16-19-11-13-22(14-12-19)29-15-7-10-23(29)30;/h5-6,8-9,11-14H,4,7,10,15-18H2,1-3H3,(H2,25,26,27);1H. The van der Waals surface area contributed by atoms with Gasteiger partial charge >= 0.3 is 0 Å². The number of aliphatic imine (C=N–C) groups is 1. The van der Waals surface area contributed by atoms with Crippen LogP contribution in [0.4, 0.5) is 5.69 Å². The Kier molecular flexibility index (Phi) is 10.3. The van der Waals surface area contributed by atoms with E-state index in [1.54, 1.807) is 0 Å². The van der Waals surface area contributed by atoms with E-state index in [0.29, 0.717) is 13.0 Å². The van der Waals surface area contributed by atoms with Crippen molar-refractivity contribution in [2.24, 2.45) is 4.99 Å². The smallest absolute Gasteiger partial charge is 0.227 e. The summed E-state index contributed by atoms with van der Waals surface area (Å²) >= 11 is 0. The van der Waals surface area contributed by atoms with E-state index in [0.717, 1.165) is 49.8 Å². The van der Waals surface area contributed by atoms with Crippen molar-refractivity contribution in [3.05, 3.63) is 65.2 Å². The predicted molar refractivity (Wildman–Crippen MR) is 139 cm³/mol. The average Bonchev–Trinajstić information content (AvgIpc) is 3.17. The maximum Gasteiger partial charge on any atom is 0.227 e. The predicted octanol–water partition coefficient (Wildman–Crippen LogP) is 3.75. The monoisotopic (exact) mass is 535 g/mol. The molecule has 0 atom stereocenters. The van der Waals surface area contributed by atoms with Crippen LogP contribution in [0.5, 0.6) is 0 Å². The number of carbonyl (C=O) groups excluding carboxylic acids is 1. The number of amides is 1. The molecule has 2 aromatic rings. The Bertz CT molecular complexity index is 867. The third kappa shape index (κ3) is 7.50. The van der Waals surface area contributed by atoms with Crippen LogP contribution >= 0.6 is 24.0 Å². The molecule has 3 rings (SSSR count). The minimum Gasteiger partial charge on any atom is -0.357 e. The van der Waals surface area contributed by atoms with Crippen LogP contribution in [0, 0.1) is 0 Å². The minimum atomic E-state index is 0. The molecule has 1 aliphatic heterocycles. The molecule has 7 heteroatoms. The first-order valence-electron chi connectivity index (χ1n) is 10.7. The molecular formula is C24H34IN5O. The highest BCUT2D eigenvalue weighted by atomic mass is 127. The van der Waals surface area contributed by atoms with Crippen LogP contribution in [0.25, 0.3) is 0 Å². The highest BCUT2D eigenvalue weighted by molar-refractivity contribution is 14.0. The first-order chi connectivity index (χ1) is 14.6. The molecule has 0 spiro atoms. The maximum absolute atomic E-state index is 11.9. The minimum absolute atomic E-state index is 0. The van der Waals surface area contributed by atoms with Gasteiger partial charge in [0.25, 0.3) is 0 Å². The van der Waals surface area contributed by atoms with Gasteiger partial charge in [0.15, 0.2) is 5.96 Å². The molecule has 1 aliphatic rings. The van der Waals surface area contributed by atoms with Gasteiger partial charge in [0.05, 0.1) is 6.54 Å². The number of hydrogen-bond donors (Lipinski definition) is 2. The van der Waals surface area contributed by atoms with E-state index in [1.807, 2.05) is 17.0 Å². The average molecular weight is 535 g/mol. The fraction of sp³-hybridized carbons (Fsp3) is 0.417. The Morgan fingerprint density at radius 2 is 1.77 bits per heavy atom. The van der Waals surface area contributed by atoms with Crippen molar-refractivity contribution >= 4 is 41.5 Å². The third-order valence-electron chi connectivity index (χ3n) is 5.14. The molecule has 2 aromatic carbocycles. The van der Waals surface area contributed by atoms with Crippen LogP contribution in [0.3, 0.4) is 0 Å². The fourth-order valence-corrected chi connectivity index (χ4v) is 3.62. The van der Waals surface area contributed by atoms with E-state index in [9.17, 15) is 4.79 Å². The lowest BCUT2D eigenvalue weighted by molar-refractivity contribution is -0.117. The van der Waals surface area contributed by atoms with Crippen molar-refractivity contribution in [2.75, 3.05) is 32.1 Å². The maximum atomic E-state index is 11.9. The number of nitrogens with one attached hydrogen (secondary N) is 2. The van der Waals surface area contributed by atoms with Gasteiger partial charge in [-0.05, 0) is 56.3 Å². The molecule has 1 heterocycles. The Morgan fingerprint density at radius 3 is 2.39 bits per heavy atom. The van der Waals surface area contributed by atoms with E-state index in [2.05, 4.69) is 73.0 Å². The van der Waals surface area contributed by atoms with E-state index >= 15 is 0 Å². The van der Waals surface area contributed by atoms with Gasteiger partial charge in [0.1, 0.15) is 0 Å². The van der Waals surface area contributed by atoms with Gasteiger partial charge in [-0.2, -0.15) is 0 Å². The van der Waals surface area contributed by atoms with Crippen LogP contribution in [0.1, 0.15) is 36.5 Å². The molecule has 6 nitrogen and oxygen atoms in total. The summed E-state index contributed by atoms with van der Waals surface area (Å²) < 4.78 is 0. The number of anilines is 1. The van der Waals surface area contributed by atoms with Crippen molar-refractivity contribution in [1.82, 2.24) is 15.5 Å². The van der Waals surface area contributed by atoms with Crippen LogP contribution in [-0.4, -0.2) is 44.0 Å². The summed E-state index contributed by atoms with van der Waals surface area (Å²) in [6, 6.07) is 16.6. The number of guanidine groups is 1. The molecule has 1 amide bonds. The van der Waals surface area contributed by atoms with Crippen molar-refractivity contribution in [1.29, 1.82) is 0 Å². The lowest BCUT2D eigenvalue weighted by atomic mass is 10.1. The quantitative estimate of drug-likeness (QED) is 0.307. The fourth-order valence-electron chi connectivity index (χ4n) is 3.62. The second-order valence-electron chi connectivity index (χ2n) is 7.87. The number of benzene rings is 2. The van der Waals surface area contributed by atoms with Gasteiger partial charge in [0, 0.05) is 38.3 Å². The molecule has 1 saturated heterocycles. The SMILES string of the molecule is CCNC(=NCc1ccc(N2CCCC2=O)cc1)NCc1ccccc1CN(C)C.I. The van der Waals surface area contributed by atoms with E-state index in [4.69, 9.17) is 4.99 Å². The van der Waals surface area contributed by atoms with Crippen LogP contribution in [-0.2, 0) is 24.4 Å². The summed E-state index contributed by atoms with van der Waals surface area (Å²) in [4.78, 5) is 20.7. The zero-order valence-electron chi connectivity index (χ0n) is 18.7. The molecule has 31 heavy (non-hydrogen) atoms. The van der Waals surface area contributed by atoms with Crippen LogP contribution in [0.2, 0.25) is 0 Å². The zero-order chi connectivity index (χ0) is 21.3. The van der Waals surface area contributed by atoms with Gasteiger partial charge < -0.3 is 20.4 Å². The number of rotatable bonds is 8. The topological polar surface area (TPSA) is 60.0 Å². The largest absolute Gasteiger partial charge is 0.357 e. The summed E-state index contributed by atoms with van der Waals surface area (Å²) in [5.41, 5.74) is 4.69. The first kappa shape index (κ1) is 25.1. The molecule has 0 aliphatic carbocycles. The molecular weight excluding hydrogens is 501 g/mol. The summed E-state index contributed by atoms with van der Waals surface area (Å²) in [7, 11) is 4.17. The summed E-state index contributed by atoms with van der Waals surface area (Å²) in [5, 5.41) is 6.77. The van der Waals surface area contributed by atoms with E-state index in [-0.39, 0.29) is 29.9 Å². The van der Waals surface area contributed by atoms with Gasteiger partial charge in [-0.25, -0.2) is 4.99 Å². The van der Waals surface area contributed by atoms with Gasteiger partial charge in [-0.1, -0.05) is 36.4 Å². The van der Waals surface area contributed by atoms with Crippen LogP contribution < -0.4 is 15.5 Å². The Hall–Kier alpha value is -2.13.